The zero-order valence-electron chi connectivity index (χ0n) is 15.2. The van der Waals surface area contributed by atoms with E-state index in [2.05, 4.69) is 12.2 Å². The molecule has 3 aromatic rings. The van der Waals surface area contributed by atoms with Gasteiger partial charge in [-0.2, -0.15) is 0 Å². The minimum Gasteiger partial charge on any atom is -0.370 e. The molecule has 1 aromatic heterocycles. The van der Waals surface area contributed by atoms with Crippen LogP contribution in [0.2, 0.25) is 0 Å². The summed E-state index contributed by atoms with van der Waals surface area (Å²) >= 11 is 0. The van der Waals surface area contributed by atoms with Crippen LogP contribution in [0.4, 0.5) is 5.69 Å². The summed E-state index contributed by atoms with van der Waals surface area (Å²) in [6.07, 6.45) is 1.95. The highest BCUT2D eigenvalue weighted by Gasteiger charge is 2.25. The van der Waals surface area contributed by atoms with Crippen molar-refractivity contribution in [1.29, 1.82) is 0 Å². The van der Waals surface area contributed by atoms with Gasteiger partial charge in [0.15, 0.2) is 0 Å². The number of amides is 1. The van der Waals surface area contributed by atoms with E-state index in [9.17, 15) is 4.79 Å². The van der Waals surface area contributed by atoms with Crippen LogP contribution in [0.1, 0.15) is 35.9 Å². The van der Waals surface area contributed by atoms with E-state index in [1.54, 1.807) is 0 Å². The fraction of sp³-hybridized carbons (Fsp3) is 0.333. The molecule has 4 rings (SSSR count). The Labute approximate surface area is 153 Å². The number of carbonyl (C=O) groups excluding carboxylic acids is 1. The number of hydrogen-bond acceptors (Lipinski definition) is 3. The Morgan fingerprint density at radius 2 is 2.08 bits per heavy atom. The normalized spacial score (nSPS) is 16.9. The van der Waals surface area contributed by atoms with Crippen molar-refractivity contribution in [2.24, 2.45) is 0 Å². The second-order valence-corrected chi connectivity index (χ2v) is 6.89. The number of nitrogens with one attached hydrogen (secondary N) is 1. The minimum atomic E-state index is -0.0596. The molecule has 1 atom stereocenters. The van der Waals surface area contributed by atoms with Crippen LogP contribution in [0.15, 0.2) is 42.5 Å². The number of aryl methyl sites for hydroxylation is 2. The fourth-order valence-electron chi connectivity index (χ4n) is 3.45. The standard InChI is InChI=1S/C21H23N3O2/c1-14-9-10-16(12-15(14)2)22-20(25)13-24-18-7-4-3-6-17(18)23-21(24)19-8-5-11-26-19/h3-4,6-7,9-10,12,19H,5,8,11,13H2,1-2H3,(H,22,25). The first-order valence-corrected chi connectivity index (χ1v) is 9.06. The molecule has 5 nitrogen and oxygen atoms in total. The van der Waals surface area contributed by atoms with Gasteiger partial charge in [0.2, 0.25) is 5.91 Å². The third kappa shape index (κ3) is 3.22. The van der Waals surface area contributed by atoms with Gasteiger partial charge in [-0.25, -0.2) is 4.98 Å². The van der Waals surface area contributed by atoms with Crippen molar-refractivity contribution in [3.8, 4) is 0 Å². The lowest BCUT2D eigenvalue weighted by atomic mass is 10.1. The molecule has 26 heavy (non-hydrogen) atoms. The Morgan fingerprint density at radius 1 is 1.23 bits per heavy atom. The molecular weight excluding hydrogens is 326 g/mol. The Hall–Kier alpha value is -2.66. The summed E-state index contributed by atoms with van der Waals surface area (Å²) in [6, 6.07) is 13.9. The average molecular weight is 349 g/mol. The molecule has 2 aromatic carbocycles. The van der Waals surface area contributed by atoms with Crippen molar-refractivity contribution >= 4 is 22.6 Å². The van der Waals surface area contributed by atoms with Crippen molar-refractivity contribution < 1.29 is 9.53 Å². The van der Waals surface area contributed by atoms with E-state index in [1.807, 2.05) is 54.0 Å². The Bertz CT molecular complexity index is 955. The van der Waals surface area contributed by atoms with E-state index in [1.165, 1.54) is 5.56 Å². The van der Waals surface area contributed by atoms with E-state index < -0.39 is 0 Å². The van der Waals surface area contributed by atoms with Crippen molar-refractivity contribution in [1.82, 2.24) is 9.55 Å². The van der Waals surface area contributed by atoms with Crippen molar-refractivity contribution in [3.05, 3.63) is 59.4 Å². The van der Waals surface area contributed by atoms with Gasteiger partial charge < -0.3 is 14.6 Å². The number of imidazole rings is 1. The molecule has 1 saturated heterocycles. The van der Waals surface area contributed by atoms with Crippen LogP contribution >= 0.6 is 0 Å². The molecule has 5 heteroatoms. The summed E-state index contributed by atoms with van der Waals surface area (Å²) in [5, 5.41) is 3.00. The number of hydrogen-bond donors (Lipinski definition) is 1. The quantitative estimate of drug-likeness (QED) is 0.770. The van der Waals surface area contributed by atoms with Crippen LogP contribution < -0.4 is 5.32 Å². The number of nitrogens with zero attached hydrogens (tertiary/aromatic N) is 2. The fourth-order valence-corrected chi connectivity index (χ4v) is 3.45. The van der Waals surface area contributed by atoms with Gasteiger partial charge >= 0.3 is 0 Å². The molecule has 0 radical (unpaired) electrons. The van der Waals surface area contributed by atoms with Crippen LogP contribution in [0, 0.1) is 13.8 Å². The first-order chi connectivity index (χ1) is 12.6. The maximum Gasteiger partial charge on any atom is 0.244 e. The molecule has 134 valence electrons. The number of carbonyl (C=O) groups is 1. The second-order valence-electron chi connectivity index (χ2n) is 6.89. The first kappa shape index (κ1) is 16.8. The molecule has 1 aliphatic rings. The van der Waals surface area contributed by atoms with Gasteiger partial charge in [0, 0.05) is 12.3 Å². The number of aromatic nitrogens is 2. The zero-order valence-corrected chi connectivity index (χ0v) is 15.2. The van der Waals surface area contributed by atoms with E-state index >= 15 is 0 Å². The van der Waals surface area contributed by atoms with Crippen LogP contribution in [0.5, 0.6) is 0 Å². The van der Waals surface area contributed by atoms with Gasteiger partial charge in [0.05, 0.1) is 11.0 Å². The molecule has 1 unspecified atom stereocenters. The number of para-hydroxylation sites is 2. The number of anilines is 1. The highest BCUT2D eigenvalue weighted by molar-refractivity contribution is 5.92. The van der Waals surface area contributed by atoms with Gasteiger partial charge in [0.25, 0.3) is 0 Å². The summed E-state index contributed by atoms with van der Waals surface area (Å²) < 4.78 is 7.81. The molecule has 0 bridgehead atoms. The SMILES string of the molecule is Cc1ccc(NC(=O)Cn2c(C3CCCO3)nc3ccccc32)cc1C. The monoisotopic (exact) mass is 349 g/mol. The first-order valence-electron chi connectivity index (χ1n) is 9.06. The zero-order chi connectivity index (χ0) is 18.1. The summed E-state index contributed by atoms with van der Waals surface area (Å²) in [7, 11) is 0. The summed E-state index contributed by atoms with van der Waals surface area (Å²) in [5.41, 5.74) is 5.06. The maximum absolute atomic E-state index is 12.7. The highest BCUT2D eigenvalue weighted by atomic mass is 16.5. The smallest absolute Gasteiger partial charge is 0.244 e. The highest BCUT2D eigenvalue weighted by Crippen LogP contribution is 2.30. The molecule has 0 aliphatic carbocycles. The Balaban J connectivity index is 1.62. The topological polar surface area (TPSA) is 56.2 Å². The molecule has 2 heterocycles. The van der Waals surface area contributed by atoms with Gasteiger partial charge in [-0.3, -0.25) is 4.79 Å². The Morgan fingerprint density at radius 3 is 2.85 bits per heavy atom. The number of fused-ring (bicyclic) bond motifs is 1. The number of rotatable bonds is 4. The van der Waals surface area contributed by atoms with Crippen LogP contribution in [0.3, 0.4) is 0 Å². The average Bonchev–Trinajstić information content (AvgIpc) is 3.26. The van der Waals surface area contributed by atoms with Crippen LogP contribution in [-0.2, 0) is 16.1 Å². The minimum absolute atomic E-state index is 0.0307. The third-order valence-corrected chi connectivity index (χ3v) is 4.99. The van der Waals surface area contributed by atoms with E-state index in [4.69, 9.17) is 9.72 Å². The molecule has 1 N–H and O–H groups in total. The van der Waals surface area contributed by atoms with Gasteiger partial charge in [-0.1, -0.05) is 18.2 Å². The van der Waals surface area contributed by atoms with E-state index in [-0.39, 0.29) is 18.6 Å². The summed E-state index contributed by atoms with van der Waals surface area (Å²) in [4.78, 5) is 17.4. The number of ether oxygens (including phenoxy) is 1. The predicted molar refractivity (Wildman–Crippen MR) is 102 cm³/mol. The summed E-state index contributed by atoms with van der Waals surface area (Å²) in [6.45, 7) is 5.09. The van der Waals surface area contributed by atoms with Crippen molar-refractivity contribution in [2.75, 3.05) is 11.9 Å². The lowest BCUT2D eigenvalue weighted by Crippen LogP contribution is -2.21. The summed E-state index contributed by atoms with van der Waals surface area (Å²) in [5.74, 6) is 0.787. The van der Waals surface area contributed by atoms with Gasteiger partial charge in [-0.15, -0.1) is 0 Å². The van der Waals surface area contributed by atoms with Crippen molar-refractivity contribution in [3.63, 3.8) is 0 Å². The molecule has 1 fully saturated rings. The molecular formula is C21H23N3O2. The van der Waals surface area contributed by atoms with Gasteiger partial charge in [-0.05, 0) is 62.1 Å². The Kier molecular flexibility index (Phi) is 4.47. The molecule has 0 spiro atoms. The number of benzene rings is 2. The largest absolute Gasteiger partial charge is 0.370 e. The molecule has 1 amide bonds. The van der Waals surface area contributed by atoms with Crippen molar-refractivity contribution in [2.45, 2.75) is 39.3 Å². The second kappa shape index (κ2) is 6.92. The van der Waals surface area contributed by atoms with E-state index in [0.717, 1.165) is 47.6 Å². The van der Waals surface area contributed by atoms with Gasteiger partial charge in [0.1, 0.15) is 18.5 Å². The molecule has 1 aliphatic heterocycles. The van der Waals surface area contributed by atoms with E-state index in [0.29, 0.717) is 0 Å². The van der Waals surface area contributed by atoms with Crippen LogP contribution in [-0.4, -0.2) is 22.1 Å². The molecule has 0 saturated carbocycles. The predicted octanol–water partition coefficient (Wildman–Crippen LogP) is 4.14. The lowest BCUT2D eigenvalue weighted by Gasteiger charge is -2.14. The maximum atomic E-state index is 12.7. The third-order valence-electron chi connectivity index (χ3n) is 4.99. The lowest BCUT2D eigenvalue weighted by molar-refractivity contribution is -0.116. The van der Waals surface area contributed by atoms with Crippen LogP contribution in [0.25, 0.3) is 11.0 Å².